The van der Waals surface area contributed by atoms with Crippen LogP contribution in [-0.4, -0.2) is 88.1 Å². The SMILES string of the molecule is O=C(O)c1sc2c(-c3nc(-c4sc(-c5ccc(-c6ccc7c(c6)N(c6ccccc6)C6CCCC76)c6nsnc56)c5c4OCCO5)cc4c(C(F)(F)F)c(C(=O)O)sc34)nc(-c3sc(-c4ccc(-c5ccc6c(c5)N(c5ccccc5)C5CCCC65)c5nsnc45)c4c3OCCO4)cc2c1C(F)(F)F. The Morgan fingerprint density at radius 3 is 1.20 bits per heavy atom. The standard InChI is InChI=1S/C76H48F6N8O8S6/c77-75(78,79)53-45-31-47(69-63-61(95-25-27-97-63)67(101-69)43-23-21-37(55-57(43)87-103-85-55)33-17-19-41-39-13-7-15-49(39)89(51(41)29-33)35-9-3-1-4-10-35)83-59(65(45)99-71(53)73(91)92)60-66-46(54(76(80,81)82)72(100-66)74(93)94)32-48(84-60)70-64-62(96-26-28-98-64)68(102-70)44-24-22-38(56-58(44)88-104-86-56)34-18-20-42-40-14-8-16-50(40)90(52(42)30-34)36-11-5-2-6-12-36/h1-6,9-12,17-24,29-32,39-40,49-50H,7-8,13-16,25-28H2,(H,91,92)(H,93,94). The van der Waals surface area contributed by atoms with E-state index < -0.39 is 76.7 Å². The van der Waals surface area contributed by atoms with Gasteiger partial charge in [-0.25, -0.2) is 19.6 Å². The molecule has 0 amide bonds. The van der Waals surface area contributed by atoms with E-state index in [9.17, 15) is 19.8 Å². The fourth-order valence-electron chi connectivity index (χ4n) is 16.7. The summed E-state index contributed by atoms with van der Waals surface area (Å²) < 4.78 is 140. The summed E-state index contributed by atoms with van der Waals surface area (Å²) in [6.07, 6.45) is -4.11. The fraction of sp³-hybridized carbons (Fsp3) is 0.211. The quantitative estimate of drug-likeness (QED) is 0.116. The van der Waals surface area contributed by atoms with E-state index in [0.717, 1.165) is 142 Å². The molecule has 14 aromatic rings. The minimum atomic E-state index is -5.33. The molecular formula is C76H48F6N8O8S6. The second-order valence-corrected chi connectivity index (χ2v) is 31.5. The van der Waals surface area contributed by atoms with Gasteiger partial charge in [-0.05, 0) is 96.5 Å². The summed E-state index contributed by atoms with van der Waals surface area (Å²) in [6.45, 7) is 0.104. The number of alkyl halides is 6. The number of benzene rings is 6. The molecule has 518 valence electrons. The van der Waals surface area contributed by atoms with Crippen LogP contribution in [0.2, 0.25) is 0 Å². The highest BCUT2D eigenvalue weighted by molar-refractivity contribution is 7.23. The maximum Gasteiger partial charge on any atom is 0.418 e. The molecule has 12 heterocycles. The average Bonchev–Trinajstić information content (AvgIpc) is 1.56. The Hall–Kier alpha value is -10.1. The Labute approximate surface area is 609 Å². The first kappa shape index (κ1) is 63.6. The zero-order chi connectivity index (χ0) is 70.3. The van der Waals surface area contributed by atoms with Crippen LogP contribution in [0, 0.1) is 0 Å². The minimum absolute atomic E-state index is 0.0120. The molecule has 0 bridgehead atoms. The normalized spacial score (nSPS) is 18.1. The van der Waals surface area contributed by atoms with E-state index in [-0.39, 0.29) is 93.2 Å². The van der Waals surface area contributed by atoms with Crippen LogP contribution < -0.4 is 28.7 Å². The number of pyridine rings is 2. The largest absolute Gasteiger partial charge is 0.485 e. The van der Waals surface area contributed by atoms with Gasteiger partial charge in [0.1, 0.15) is 69.6 Å². The molecule has 2 fully saturated rings. The molecule has 2 saturated carbocycles. The molecule has 2 aliphatic carbocycles. The highest BCUT2D eigenvalue weighted by Gasteiger charge is 2.47. The second kappa shape index (κ2) is 23.7. The van der Waals surface area contributed by atoms with Crippen molar-refractivity contribution in [2.24, 2.45) is 0 Å². The summed E-state index contributed by atoms with van der Waals surface area (Å²) in [5.74, 6) is -2.54. The smallest absolute Gasteiger partial charge is 0.418 e. The Morgan fingerprint density at radius 2 is 0.817 bits per heavy atom. The number of aromatic nitrogens is 6. The molecular weight excluding hydrogens is 1460 g/mol. The molecule has 0 spiro atoms. The predicted molar refractivity (Wildman–Crippen MR) is 392 cm³/mol. The molecule has 20 rings (SSSR count). The van der Waals surface area contributed by atoms with Gasteiger partial charge in [0.25, 0.3) is 0 Å². The van der Waals surface area contributed by atoms with Crippen molar-refractivity contribution in [3.63, 3.8) is 0 Å². The van der Waals surface area contributed by atoms with Gasteiger partial charge in [-0.3, -0.25) is 0 Å². The van der Waals surface area contributed by atoms with Crippen LogP contribution in [0.25, 0.3) is 118 Å². The molecule has 104 heavy (non-hydrogen) atoms. The first-order chi connectivity index (χ1) is 50.5. The van der Waals surface area contributed by atoms with Crippen molar-refractivity contribution in [1.82, 2.24) is 27.5 Å². The van der Waals surface area contributed by atoms with Gasteiger partial charge in [-0.2, -0.15) is 43.8 Å². The predicted octanol–water partition coefficient (Wildman–Crippen LogP) is 21.3. The van der Waals surface area contributed by atoms with E-state index in [1.165, 1.54) is 11.1 Å². The highest BCUT2D eigenvalue weighted by Crippen LogP contribution is 2.61. The number of fused-ring (bicyclic) bond motifs is 12. The Balaban J connectivity index is 0.755. The molecule has 4 unspecified atom stereocenters. The van der Waals surface area contributed by atoms with Crippen LogP contribution in [0.4, 0.5) is 49.1 Å². The number of rotatable bonds is 11. The number of anilines is 4. The van der Waals surface area contributed by atoms with Crippen LogP contribution in [0.3, 0.4) is 0 Å². The fourth-order valence-corrected chi connectivity index (χ4v) is 22.4. The monoisotopic (exact) mass is 1510 g/mol. The summed E-state index contributed by atoms with van der Waals surface area (Å²) in [6, 6.07) is 44.2. The number of carboxylic acid groups (broad SMARTS) is 2. The maximum absolute atomic E-state index is 15.9. The van der Waals surface area contributed by atoms with Gasteiger partial charge in [0.15, 0.2) is 23.0 Å². The second-order valence-electron chi connectivity index (χ2n) is 26.3. The van der Waals surface area contributed by atoms with Gasteiger partial charge in [0, 0.05) is 79.7 Å². The molecule has 16 nitrogen and oxygen atoms in total. The lowest BCUT2D eigenvalue weighted by Crippen LogP contribution is -2.26. The van der Waals surface area contributed by atoms with Crippen LogP contribution in [0.5, 0.6) is 23.0 Å². The Morgan fingerprint density at radius 1 is 0.442 bits per heavy atom. The summed E-state index contributed by atoms with van der Waals surface area (Å²) in [4.78, 5) is 40.2. The van der Waals surface area contributed by atoms with Crippen molar-refractivity contribution < 1.29 is 65.1 Å². The first-order valence-corrected chi connectivity index (χ1v) is 38.2. The van der Waals surface area contributed by atoms with Crippen molar-refractivity contribution in [3.8, 4) is 98.7 Å². The van der Waals surface area contributed by atoms with Crippen molar-refractivity contribution in [2.75, 3.05) is 36.2 Å². The van der Waals surface area contributed by atoms with E-state index in [1.807, 2.05) is 60.7 Å². The minimum Gasteiger partial charge on any atom is -0.485 e. The Kier molecular flexibility index (Phi) is 14.5. The average molecular weight is 1510 g/mol. The molecule has 6 aromatic carbocycles. The van der Waals surface area contributed by atoms with Gasteiger partial charge < -0.3 is 39.0 Å². The number of thiophene rings is 4. The Bertz CT molecular complexity index is 5630. The molecule has 6 aliphatic rings. The number of ether oxygens (including phenoxy) is 4. The third-order valence-electron chi connectivity index (χ3n) is 20.8. The number of aromatic carboxylic acids is 2. The molecule has 4 aliphatic heterocycles. The van der Waals surface area contributed by atoms with E-state index in [4.69, 9.17) is 46.4 Å². The summed E-state index contributed by atoms with van der Waals surface area (Å²) in [5.41, 5.74) is 9.15. The van der Waals surface area contributed by atoms with E-state index in [1.54, 1.807) is 0 Å². The molecule has 0 saturated heterocycles. The van der Waals surface area contributed by atoms with E-state index >= 15 is 26.3 Å². The number of carbonyl (C=O) groups is 2. The van der Waals surface area contributed by atoms with E-state index in [2.05, 4.69) is 70.5 Å². The molecule has 2 N–H and O–H groups in total. The van der Waals surface area contributed by atoms with E-state index in [0.29, 0.717) is 66.9 Å². The van der Waals surface area contributed by atoms with Gasteiger partial charge in [-0.1, -0.05) is 97.8 Å². The van der Waals surface area contributed by atoms with Crippen molar-refractivity contribution in [1.29, 1.82) is 0 Å². The summed E-state index contributed by atoms with van der Waals surface area (Å²) in [7, 11) is 0. The number of hydrogen-bond donors (Lipinski definition) is 2. The zero-order valence-electron chi connectivity index (χ0n) is 53.7. The highest BCUT2D eigenvalue weighted by atomic mass is 32.1. The van der Waals surface area contributed by atoms with Crippen LogP contribution in [0.1, 0.15) is 92.0 Å². The third kappa shape index (κ3) is 9.69. The molecule has 4 atom stereocenters. The van der Waals surface area contributed by atoms with Crippen molar-refractivity contribution in [2.45, 2.75) is 74.8 Å². The summed E-state index contributed by atoms with van der Waals surface area (Å²) >= 11 is 4.51. The lowest BCUT2D eigenvalue weighted by Gasteiger charge is -2.27. The molecule has 0 radical (unpaired) electrons. The van der Waals surface area contributed by atoms with Gasteiger partial charge in [0.05, 0.1) is 74.9 Å². The van der Waals surface area contributed by atoms with Gasteiger partial charge >= 0.3 is 24.3 Å². The van der Waals surface area contributed by atoms with Crippen LogP contribution >= 0.6 is 68.8 Å². The number of hydrogen-bond acceptors (Lipinski definition) is 20. The van der Waals surface area contributed by atoms with Crippen molar-refractivity contribution in [3.05, 3.63) is 165 Å². The van der Waals surface area contributed by atoms with Crippen molar-refractivity contribution >= 4 is 146 Å². The van der Waals surface area contributed by atoms with Gasteiger partial charge in [-0.15, -0.1) is 45.3 Å². The number of nitrogens with zero attached hydrogens (tertiary/aromatic N) is 8. The topological polar surface area (TPSA) is 195 Å². The lowest BCUT2D eigenvalue weighted by molar-refractivity contribution is -0.137. The number of halogens is 6. The summed E-state index contributed by atoms with van der Waals surface area (Å²) in [5, 5.41) is 20.0. The number of para-hydroxylation sites is 2. The van der Waals surface area contributed by atoms with Gasteiger partial charge in [0.2, 0.25) is 0 Å². The lowest BCUT2D eigenvalue weighted by atomic mass is 9.94. The number of carboxylic acids is 2. The molecule has 28 heteroatoms. The van der Waals surface area contributed by atoms with Crippen LogP contribution in [0.15, 0.2) is 133 Å². The maximum atomic E-state index is 15.9. The zero-order valence-corrected chi connectivity index (χ0v) is 58.6. The first-order valence-electron chi connectivity index (χ1n) is 33.4. The molecule has 8 aromatic heterocycles. The van der Waals surface area contributed by atoms with Crippen LogP contribution in [-0.2, 0) is 12.4 Å². The third-order valence-corrected chi connectivity index (χ3v) is 26.7.